The number of ether oxygens (including phenoxy) is 1. The van der Waals surface area contributed by atoms with E-state index in [1.807, 2.05) is 0 Å². The summed E-state index contributed by atoms with van der Waals surface area (Å²) in [6.07, 6.45) is 3.04. The summed E-state index contributed by atoms with van der Waals surface area (Å²) in [4.78, 5) is 13.9. The Morgan fingerprint density at radius 2 is 2.10 bits per heavy atom. The molecule has 1 aromatic carbocycles. The fraction of sp³-hybridized carbons (Fsp3) is 0.533. The maximum atomic E-state index is 12.3. The molecule has 1 aliphatic heterocycles. The number of benzene rings is 1. The van der Waals surface area contributed by atoms with Crippen molar-refractivity contribution in [2.75, 3.05) is 13.6 Å². The molecule has 1 fully saturated rings. The van der Waals surface area contributed by atoms with Crippen molar-refractivity contribution in [3.63, 3.8) is 0 Å². The van der Waals surface area contributed by atoms with Gasteiger partial charge in [-0.3, -0.25) is 4.79 Å². The fourth-order valence-electron chi connectivity index (χ4n) is 2.46. The van der Waals surface area contributed by atoms with Gasteiger partial charge in [0.05, 0.1) is 6.04 Å². The summed E-state index contributed by atoms with van der Waals surface area (Å²) in [6.45, 7) is -1.49. The van der Waals surface area contributed by atoms with Crippen LogP contribution in [0.15, 0.2) is 24.3 Å². The molecular weight excluding hydrogens is 278 g/mol. The maximum Gasteiger partial charge on any atom is 0.387 e. The first-order valence-corrected chi connectivity index (χ1v) is 7.08. The lowest BCUT2D eigenvalue weighted by atomic mass is 10.0. The van der Waals surface area contributed by atoms with Gasteiger partial charge in [0, 0.05) is 13.6 Å². The third kappa shape index (κ3) is 4.67. The molecule has 1 N–H and O–H groups in total. The van der Waals surface area contributed by atoms with Gasteiger partial charge >= 0.3 is 6.61 Å². The number of piperidine rings is 1. The molecule has 4 nitrogen and oxygen atoms in total. The largest absolute Gasteiger partial charge is 0.435 e. The standard InChI is InChI=1S/C15H20F2N2O2/c1-19(14(20)13-4-2-3-9-18-13)10-11-5-7-12(8-6-11)21-15(16)17/h5-8,13,15,18H,2-4,9-10H2,1H3. The number of hydrogen-bond donors (Lipinski definition) is 1. The maximum absolute atomic E-state index is 12.3. The molecule has 1 aliphatic rings. The smallest absolute Gasteiger partial charge is 0.387 e. The van der Waals surface area contributed by atoms with Gasteiger partial charge in [-0.1, -0.05) is 18.6 Å². The third-order valence-corrected chi connectivity index (χ3v) is 3.55. The number of alkyl halides is 2. The molecule has 1 amide bonds. The second-order valence-corrected chi connectivity index (χ2v) is 5.22. The molecule has 1 unspecified atom stereocenters. The number of carbonyl (C=O) groups is 1. The lowest BCUT2D eigenvalue weighted by Crippen LogP contribution is -2.46. The van der Waals surface area contributed by atoms with Crippen molar-refractivity contribution in [3.8, 4) is 5.75 Å². The molecule has 0 aliphatic carbocycles. The highest BCUT2D eigenvalue weighted by molar-refractivity contribution is 5.81. The minimum Gasteiger partial charge on any atom is -0.435 e. The Morgan fingerprint density at radius 1 is 1.38 bits per heavy atom. The van der Waals surface area contributed by atoms with Crippen molar-refractivity contribution >= 4 is 5.91 Å². The van der Waals surface area contributed by atoms with Crippen LogP contribution in [-0.4, -0.2) is 37.1 Å². The van der Waals surface area contributed by atoms with Crippen LogP contribution in [0.2, 0.25) is 0 Å². The second kappa shape index (κ2) is 7.36. The van der Waals surface area contributed by atoms with Gasteiger partial charge in [0.25, 0.3) is 0 Å². The molecule has 21 heavy (non-hydrogen) atoms. The van der Waals surface area contributed by atoms with Crippen molar-refractivity contribution in [2.24, 2.45) is 0 Å². The molecule has 0 radical (unpaired) electrons. The molecular formula is C15H20F2N2O2. The predicted octanol–water partition coefficient (Wildman–Crippen LogP) is 2.39. The van der Waals surface area contributed by atoms with Crippen LogP contribution in [0.5, 0.6) is 5.75 Å². The molecule has 1 atom stereocenters. The van der Waals surface area contributed by atoms with Crippen LogP contribution in [0.25, 0.3) is 0 Å². The van der Waals surface area contributed by atoms with Crippen molar-refractivity contribution in [1.29, 1.82) is 0 Å². The van der Waals surface area contributed by atoms with Crippen LogP contribution in [0.1, 0.15) is 24.8 Å². The molecule has 6 heteroatoms. The van der Waals surface area contributed by atoms with E-state index in [1.54, 1.807) is 24.1 Å². The quantitative estimate of drug-likeness (QED) is 0.907. The van der Waals surface area contributed by atoms with Gasteiger partial charge in [-0.15, -0.1) is 0 Å². The lowest BCUT2D eigenvalue weighted by Gasteiger charge is -2.27. The zero-order valence-electron chi connectivity index (χ0n) is 12.0. The summed E-state index contributed by atoms with van der Waals surface area (Å²) in [5, 5.41) is 3.22. The van der Waals surface area contributed by atoms with E-state index in [-0.39, 0.29) is 17.7 Å². The molecule has 116 valence electrons. The van der Waals surface area contributed by atoms with E-state index in [0.29, 0.717) is 6.54 Å². The van der Waals surface area contributed by atoms with E-state index in [1.165, 1.54) is 12.1 Å². The van der Waals surface area contributed by atoms with Gasteiger partial charge in [0.1, 0.15) is 5.75 Å². The van der Waals surface area contributed by atoms with Gasteiger partial charge < -0.3 is 15.0 Å². The zero-order valence-corrected chi connectivity index (χ0v) is 12.0. The van der Waals surface area contributed by atoms with E-state index < -0.39 is 6.61 Å². The molecule has 0 spiro atoms. The SMILES string of the molecule is CN(Cc1ccc(OC(F)F)cc1)C(=O)C1CCCCN1. The van der Waals surface area contributed by atoms with E-state index in [0.717, 1.165) is 31.4 Å². The number of hydrogen-bond acceptors (Lipinski definition) is 3. The van der Waals surface area contributed by atoms with E-state index in [9.17, 15) is 13.6 Å². The molecule has 2 rings (SSSR count). The molecule has 1 aromatic rings. The van der Waals surface area contributed by atoms with Gasteiger partial charge in [-0.05, 0) is 37.1 Å². The van der Waals surface area contributed by atoms with Crippen molar-refractivity contribution in [2.45, 2.75) is 38.5 Å². The zero-order chi connectivity index (χ0) is 15.2. The Morgan fingerprint density at radius 3 is 2.67 bits per heavy atom. The fourth-order valence-corrected chi connectivity index (χ4v) is 2.46. The van der Waals surface area contributed by atoms with Crippen molar-refractivity contribution in [1.82, 2.24) is 10.2 Å². The highest BCUT2D eigenvalue weighted by Crippen LogP contribution is 2.16. The molecule has 1 heterocycles. The number of rotatable bonds is 5. The topological polar surface area (TPSA) is 41.6 Å². The number of halogens is 2. The molecule has 0 aromatic heterocycles. The first kappa shape index (κ1) is 15.7. The number of amides is 1. The number of nitrogens with one attached hydrogen (secondary N) is 1. The summed E-state index contributed by atoms with van der Waals surface area (Å²) in [5.41, 5.74) is 0.878. The lowest BCUT2D eigenvalue weighted by molar-refractivity contribution is -0.133. The molecule has 1 saturated heterocycles. The Bertz CT molecular complexity index is 459. The van der Waals surface area contributed by atoms with E-state index >= 15 is 0 Å². The van der Waals surface area contributed by atoms with E-state index in [4.69, 9.17) is 0 Å². The van der Waals surface area contributed by atoms with Crippen LogP contribution in [0, 0.1) is 0 Å². The highest BCUT2D eigenvalue weighted by atomic mass is 19.3. The highest BCUT2D eigenvalue weighted by Gasteiger charge is 2.23. The summed E-state index contributed by atoms with van der Waals surface area (Å²) < 4.78 is 28.4. The number of carbonyl (C=O) groups excluding carboxylic acids is 1. The Kier molecular flexibility index (Phi) is 5.50. The number of nitrogens with zero attached hydrogens (tertiary/aromatic N) is 1. The molecule has 0 saturated carbocycles. The summed E-state index contributed by atoms with van der Waals surface area (Å²) in [6, 6.07) is 6.24. The van der Waals surface area contributed by atoms with Gasteiger partial charge in [-0.25, -0.2) is 0 Å². The van der Waals surface area contributed by atoms with Crippen LogP contribution >= 0.6 is 0 Å². The normalized spacial score (nSPS) is 18.6. The monoisotopic (exact) mass is 298 g/mol. The van der Waals surface area contributed by atoms with E-state index in [2.05, 4.69) is 10.1 Å². The Balaban J connectivity index is 1.89. The average molecular weight is 298 g/mol. The van der Waals surface area contributed by atoms with Crippen LogP contribution < -0.4 is 10.1 Å². The summed E-state index contributed by atoms with van der Waals surface area (Å²) in [7, 11) is 1.75. The second-order valence-electron chi connectivity index (χ2n) is 5.22. The minimum absolute atomic E-state index is 0.0719. The first-order chi connectivity index (χ1) is 10.1. The summed E-state index contributed by atoms with van der Waals surface area (Å²) >= 11 is 0. The third-order valence-electron chi connectivity index (χ3n) is 3.55. The van der Waals surface area contributed by atoms with Crippen molar-refractivity contribution < 1.29 is 18.3 Å². The number of likely N-dealkylation sites (N-methyl/N-ethyl adjacent to an activating group) is 1. The van der Waals surface area contributed by atoms with Gasteiger partial charge in [-0.2, -0.15) is 8.78 Å². The van der Waals surface area contributed by atoms with Gasteiger partial charge in [0.15, 0.2) is 0 Å². The predicted molar refractivity (Wildman–Crippen MR) is 75.2 cm³/mol. The Labute approximate surface area is 123 Å². The van der Waals surface area contributed by atoms with Gasteiger partial charge in [0.2, 0.25) is 5.91 Å². The minimum atomic E-state index is -2.82. The first-order valence-electron chi connectivity index (χ1n) is 7.08. The Hall–Kier alpha value is -1.69. The average Bonchev–Trinajstić information content (AvgIpc) is 2.49. The molecule has 0 bridgehead atoms. The van der Waals surface area contributed by atoms with Crippen LogP contribution in [0.4, 0.5) is 8.78 Å². The van der Waals surface area contributed by atoms with Crippen molar-refractivity contribution in [3.05, 3.63) is 29.8 Å². The van der Waals surface area contributed by atoms with Crippen LogP contribution in [-0.2, 0) is 11.3 Å². The van der Waals surface area contributed by atoms with Crippen LogP contribution in [0.3, 0.4) is 0 Å². The summed E-state index contributed by atoms with van der Waals surface area (Å²) in [5.74, 6) is 0.194.